The van der Waals surface area contributed by atoms with Gasteiger partial charge in [-0.2, -0.15) is 0 Å². The van der Waals surface area contributed by atoms with Crippen LogP contribution in [0.1, 0.15) is 24.8 Å². The number of rotatable bonds is 6. The molecule has 2 rings (SSSR count). The molecule has 0 amide bonds. The lowest BCUT2D eigenvalue weighted by Gasteiger charge is -2.24. The maximum Gasteiger partial charge on any atom is 0.123 e. The van der Waals surface area contributed by atoms with Crippen molar-refractivity contribution in [3.8, 4) is 0 Å². The average Bonchev–Trinajstić information content (AvgIpc) is 2.85. The van der Waals surface area contributed by atoms with Crippen LogP contribution in [0.5, 0.6) is 0 Å². The van der Waals surface area contributed by atoms with Gasteiger partial charge in [0.15, 0.2) is 0 Å². The molecule has 0 aliphatic carbocycles. The SMILES string of the molecule is C[Si](C)(CCCN1CCCC1)Cc1ccc(F)cc1. The van der Waals surface area contributed by atoms with E-state index >= 15 is 0 Å². The summed E-state index contributed by atoms with van der Waals surface area (Å²) in [5.74, 6) is -0.128. The first-order chi connectivity index (χ1) is 9.05. The van der Waals surface area contributed by atoms with Crippen molar-refractivity contribution < 1.29 is 4.39 Å². The largest absolute Gasteiger partial charge is 0.303 e. The van der Waals surface area contributed by atoms with Crippen LogP contribution in [0.2, 0.25) is 19.1 Å². The number of likely N-dealkylation sites (tertiary alicyclic amines) is 1. The second-order valence-electron chi connectivity index (χ2n) is 6.62. The van der Waals surface area contributed by atoms with Crippen LogP contribution in [0.3, 0.4) is 0 Å². The van der Waals surface area contributed by atoms with Gasteiger partial charge in [-0.05, 0) is 57.1 Å². The first-order valence-corrected chi connectivity index (χ1v) is 10.9. The lowest BCUT2D eigenvalue weighted by Crippen LogP contribution is -2.31. The molecule has 0 aromatic heterocycles. The van der Waals surface area contributed by atoms with Crippen LogP contribution >= 0.6 is 0 Å². The van der Waals surface area contributed by atoms with Crippen molar-refractivity contribution in [1.29, 1.82) is 0 Å². The van der Waals surface area contributed by atoms with Gasteiger partial charge in [-0.1, -0.05) is 36.8 Å². The second-order valence-corrected chi connectivity index (χ2v) is 11.8. The van der Waals surface area contributed by atoms with Gasteiger partial charge in [-0.25, -0.2) is 4.39 Å². The first kappa shape index (κ1) is 14.7. The number of benzene rings is 1. The molecule has 0 radical (unpaired) electrons. The molecule has 0 unspecified atom stereocenters. The van der Waals surface area contributed by atoms with E-state index in [9.17, 15) is 4.39 Å². The fourth-order valence-electron chi connectivity index (χ4n) is 3.03. The van der Waals surface area contributed by atoms with Gasteiger partial charge in [0.05, 0.1) is 8.07 Å². The van der Waals surface area contributed by atoms with E-state index in [0.717, 1.165) is 0 Å². The summed E-state index contributed by atoms with van der Waals surface area (Å²) in [7, 11) is -1.18. The molecule has 19 heavy (non-hydrogen) atoms. The molecule has 1 aliphatic heterocycles. The van der Waals surface area contributed by atoms with Crippen molar-refractivity contribution in [3.63, 3.8) is 0 Å². The van der Waals surface area contributed by atoms with Gasteiger partial charge in [-0.3, -0.25) is 0 Å². The summed E-state index contributed by atoms with van der Waals surface area (Å²) in [4.78, 5) is 2.60. The molecule has 0 atom stereocenters. The molecule has 0 N–H and O–H groups in total. The van der Waals surface area contributed by atoms with Crippen molar-refractivity contribution in [3.05, 3.63) is 35.6 Å². The van der Waals surface area contributed by atoms with Gasteiger partial charge >= 0.3 is 0 Å². The topological polar surface area (TPSA) is 3.24 Å². The van der Waals surface area contributed by atoms with Gasteiger partial charge in [0.25, 0.3) is 0 Å². The number of halogens is 1. The van der Waals surface area contributed by atoms with Gasteiger partial charge in [0, 0.05) is 0 Å². The van der Waals surface area contributed by atoms with Crippen molar-refractivity contribution in [2.45, 2.75) is 44.4 Å². The number of hydrogen-bond acceptors (Lipinski definition) is 1. The third-order valence-corrected chi connectivity index (χ3v) is 7.19. The zero-order valence-electron chi connectivity index (χ0n) is 12.3. The molecule has 1 aliphatic rings. The average molecular weight is 279 g/mol. The molecule has 1 aromatic rings. The predicted octanol–water partition coefficient (Wildman–Crippen LogP) is 4.10. The highest BCUT2D eigenvalue weighted by atomic mass is 28.3. The summed E-state index contributed by atoms with van der Waals surface area (Å²) in [6.07, 6.45) is 4.10. The van der Waals surface area contributed by atoms with Gasteiger partial charge in [0.1, 0.15) is 5.82 Å². The smallest absolute Gasteiger partial charge is 0.123 e. The Labute approximate surface area is 117 Å². The number of nitrogens with zero attached hydrogens (tertiary/aromatic N) is 1. The summed E-state index contributed by atoms with van der Waals surface area (Å²) in [5.41, 5.74) is 1.30. The van der Waals surface area contributed by atoms with Crippen LogP contribution in [0.4, 0.5) is 4.39 Å². The second kappa shape index (κ2) is 6.66. The molecule has 0 spiro atoms. The lowest BCUT2D eigenvalue weighted by molar-refractivity contribution is 0.339. The zero-order valence-corrected chi connectivity index (χ0v) is 13.3. The molecule has 0 bridgehead atoms. The molecule has 1 saturated heterocycles. The quantitative estimate of drug-likeness (QED) is 0.709. The van der Waals surface area contributed by atoms with Crippen molar-refractivity contribution in [1.82, 2.24) is 4.90 Å². The van der Waals surface area contributed by atoms with Crippen LogP contribution in [0.25, 0.3) is 0 Å². The van der Waals surface area contributed by atoms with Crippen LogP contribution in [-0.2, 0) is 6.04 Å². The predicted molar refractivity (Wildman–Crippen MR) is 82.7 cm³/mol. The molecular formula is C16H26FNSi. The van der Waals surface area contributed by atoms with Crippen LogP contribution in [0.15, 0.2) is 24.3 Å². The van der Waals surface area contributed by atoms with Crippen LogP contribution in [0, 0.1) is 5.82 Å². The normalized spacial score (nSPS) is 17.0. The molecule has 1 fully saturated rings. The van der Waals surface area contributed by atoms with Crippen molar-refractivity contribution in [2.75, 3.05) is 19.6 Å². The Morgan fingerprint density at radius 2 is 1.74 bits per heavy atom. The summed E-state index contributed by atoms with van der Waals surface area (Å²) in [6.45, 7) is 8.81. The Hall–Kier alpha value is -0.673. The summed E-state index contributed by atoms with van der Waals surface area (Å²) < 4.78 is 12.9. The molecule has 3 heteroatoms. The van der Waals surface area contributed by atoms with E-state index in [4.69, 9.17) is 0 Å². The van der Waals surface area contributed by atoms with Gasteiger partial charge < -0.3 is 4.90 Å². The van der Waals surface area contributed by atoms with E-state index in [0.29, 0.717) is 0 Å². The zero-order chi connectivity index (χ0) is 13.7. The third kappa shape index (κ3) is 5.07. The maximum absolute atomic E-state index is 12.9. The molecule has 0 saturated carbocycles. The fourth-order valence-corrected chi connectivity index (χ4v) is 5.66. The number of hydrogen-bond donors (Lipinski definition) is 0. The molecule has 106 valence electrons. The van der Waals surface area contributed by atoms with Crippen molar-refractivity contribution in [2.24, 2.45) is 0 Å². The molecular weight excluding hydrogens is 253 g/mol. The lowest BCUT2D eigenvalue weighted by atomic mass is 10.2. The van der Waals surface area contributed by atoms with E-state index in [2.05, 4.69) is 18.0 Å². The molecule has 1 nitrogen and oxygen atoms in total. The molecule has 1 aromatic carbocycles. The van der Waals surface area contributed by atoms with Crippen molar-refractivity contribution >= 4 is 8.07 Å². The monoisotopic (exact) mass is 279 g/mol. The van der Waals surface area contributed by atoms with Gasteiger partial charge in [-0.15, -0.1) is 0 Å². The van der Waals surface area contributed by atoms with Crippen LogP contribution in [-0.4, -0.2) is 32.6 Å². The van der Waals surface area contributed by atoms with Gasteiger partial charge in [0.2, 0.25) is 0 Å². The van der Waals surface area contributed by atoms with Crippen LogP contribution < -0.4 is 0 Å². The van der Waals surface area contributed by atoms with E-state index in [-0.39, 0.29) is 5.82 Å². The Bertz CT molecular complexity index is 382. The van der Waals surface area contributed by atoms with E-state index in [1.54, 1.807) is 12.1 Å². The summed E-state index contributed by atoms with van der Waals surface area (Å²) >= 11 is 0. The first-order valence-electron chi connectivity index (χ1n) is 7.52. The highest BCUT2D eigenvalue weighted by molar-refractivity contribution is 6.76. The Morgan fingerprint density at radius 3 is 2.37 bits per heavy atom. The minimum atomic E-state index is -1.18. The highest BCUT2D eigenvalue weighted by Crippen LogP contribution is 2.19. The molecule has 1 heterocycles. The Kier molecular flexibility index (Phi) is 5.17. The minimum absolute atomic E-state index is 0.128. The standard InChI is InChI=1S/C16H26FNSi/c1-19(2,13-5-12-18-10-3-4-11-18)14-15-6-8-16(17)9-7-15/h6-9H,3-5,10-14H2,1-2H3. The van der Waals surface area contributed by atoms with E-state index in [1.165, 1.54) is 56.5 Å². The Morgan fingerprint density at radius 1 is 1.11 bits per heavy atom. The highest BCUT2D eigenvalue weighted by Gasteiger charge is 2.21. The van der Waals surface area contributed by atoms with E-state index < -0.39 is 8.07 Å². The Balaban J connectivity index is 1.75. The maximum atomic E-state index is 12.9. The third-order valence-electron chi connectivity index (χ3n) is 4.12. The summed E-state index contributed by atoms with van der Waals surface area (Å²) in [5, 5.41) is 0. The van der Waals surface area contributed by atoms with E-state index in [1.807, 2.05) is 12.1 Å². The summed E-state index contributed by atoms with van der Waals surface area (Å²) in [6, 6.07) is 9.62. The minimum Gasteiger partial charge on any atom is -0.303 e. The fraction of sp³-hybridized carbons (Fsp3) is 0.625.